The van der Waals surface area contributed by atoms with Crippen molar-refractivity contribution < 1.29 is 14.3 Å². The minimum Gasteiger partial charge on any atom is -0.463 e. The molecule has 1 aliphatic rings. The van der Waals surface area contributed by atoms with Gasteiger partial charge in [0, 0.05) is 6.54 Å². The largest absolute Gasteiger partial charge is 0.463 e. The lowest BCUT2D eigenvalue weighted by Gasteiger charge is -2.27. The zero-order valence-corrected chi connectivity index (χ0v) is 13.2. The molecule has 1 heterocycles. The van der Waals surface area contributed by atoms with Crippen molar-refractivity contribution in [2.24, 2.45) is 0 Å². The highest BCUT2D eigenvalue weighted by molar-refractivity contribution is 5.74. The fourth-order valence-electron chi connectivity index (χ4n) is 2.90. The Labute approximate surface area is 136 Å². The van der Waals surface area contributed by atoms with Crippen LogP contribution >= 0.6 is 0 Å². The SMILES string of the molecule is CCOC(=O)[C@H]1OC[C@@H](c2ccccc2)N1Cc1ccccc1. The van der Waals surface area contributed by atoms with Crippen molar-refractivity contribution >= 4 is 5.97 Å². The van der Waals surface area contributed by atoms with Crippen LogP contribution in [0.4, 0.5) is 0 Å². The van der Waals surface area contributed by atoms with Crippen LogP contribution in [0.15, 0.2) is 60.7 Å². The normalized spacial score (nSPS) is 21.3. The number of carbonyl (C=O) groups is 1. The van der Waals surface area contributed by atoms with Crippen molar-refractivity contribution in [3.63, 3.8) is 0 Å². The lowest BCUT2D eigenvalue weighted by atomic mass is 10.1. The van der Waals surface area contributed by atoms with Gasteiger partial charge in [-0.25, -0.2) is 4.79 Å². The van der Waals surface area contributed by atoms with Crippen LogP contribution in [0.5, 0.6) is 0 Å². The molecule has 23 heavy (non-hydrogen) atoms. The smallest absolute Gasteiger partial charge is 0.350 e. The third-order valence-electron chi connectivity index (χ3n) is 3.99. The predicted molar refractivity (Wildman–Crippen MR) is 87.5 cm³/mol. The summed E-state index contributed by atoms with van der Waals surface area (Å²) in [5.74, 6) is -0.318. The van der Waals surface area contributed by atoms with Crippen molar-refractivity contribution in [2.45, 2.75) is 25.7 Å². The molecule has 0 N–H and O–H groups in total. The molecule has 0 aliphatic carbocycles. The predicted octanol–water partition coefficient (Wildman–Crippen LogP) is 3.15. The van der Waals surface area contributed by atoms with E-state index in [9.17, 15) is 4.79 Å². The van der Waals surface area contributed by atoms with Crippen LogP contribution in [0.25, 0.3) is 0 Å². The molecule has 0 saturated carbocycles. The molecule has 1 saturated heterocycles. The average molecular weight is 311 g/mol. The van der Waals surface area contributed by atoms with E-state index < -0.39 is 6.23 Å². The van der Waals surface area contributed by atoms with E-state index in [4.69, 9.17) is 9.47 Å². The average Bonchev–Trinajstić information content (AvgIpc) is 3.00. The van der Waals surface area contributed by atoms with Gasteiger partial charge in [0.1, 0.15) is 0 Å². The Morgan fingerprint density at radius 2 is 1.78 bits per heavy atom. The second-order valence-electron chi connectivity index (χ2n) is 5.52. The molecule has 4 nitrogen and oxygen atoms in total. The number of hydrogen-bond acceptors (Lipinski definition) is 4. The maximum Gasteiger partial charge on any atom is 0.350 e. The number of ether oxygens (including phenoxy) is 2. The highest BCUT2D eigenvalue weighted by atomic mass is 16.6. The summed E-state index contributed by atoms with van der Waals surface area (Å²) in [6.07, 6.45) is -0.652. The molecule has 0 spiro atoms. The van der Waals surface area contributed by atoms with E-state index >= 15 is 0 Å². The van der Waals surface area contributed by atoms with Crippen molar-refractivity contribution in [1.82, 2.24) is 4.90 Å². The molecular weight excluding hydrogens is 290 g/mol. The van der Waals surface area contributed by atoms with Gasteiger partial charge < -0.3 is 9.47 Å². The Morgan fingerprint density at radius 3 is 2.43 bits per heavy atom. The molecule has 0 unspecified atom stereocenters. The Morgan fingerprint density at radius 1 is 1.13 bits per heavy atom. The van der Waals surface area contributed by atoms with Crippen LogP contribution in [0.2, 0.25) is 0 Å². The lowest BCUT2D eigenvalue weighted by Crippen LogP contribution is -2.39. The number of nitrogens with zero attached hydrogens (tertiary/aromatic N) is 1. The standard InChI is InChI=1S/C19H21NO3/c1-2-22-19(21)18-20(13-15-9-5-3-6-10-15)17(14-23-18)16-11-7-4-8-12-16/h3-12,17-18H,2,13-14H2,1H3/t17-,18+/m0/s1. The van der Waals surface area contributed by atoms with Gasteiger partial charge in [-0.15, -0.1) is 0 Å². The molecular formula is C19H21NO3. The first-order valence-electron chi connectivity index (χ1n) is 7.92. The van der Waals surface area contributed by atoms with Gasteiger partial charge >= 0.3 is 5.97 Å². The second kappa shape index (κ2) is 7.40. The van der Waals surface area contributed by atoms with Crippen LogP contribution in [0, 0.1) is 0 Å². The number of carbonyl (C=O) groups excluding carboxylic acids is 1. The molecule has 3 rings (SSSR count). The number of benzene rings is 2. The minimum atomic E-state index is -0.652. The van der Waals surface area contributed by atoms with Gasteiger partial charge in [0.05, 0.1) is 19.3 Å². The molecule has 0 radical (unpaired) electrons. The van der Waals surface area contributed by atoms with Gasteiger partial charge in [-0.3, -0.25) is 4.90 Å². The van der Waals surface area contributed by atoms with Crippen LogP contribution in [-0.4, -0.2) is 30.3 Å². The summed E-state index contributed by atoms with van der Waals surface area (Å²) in [5.41, 5.74) is 2.29. The van der Waals surface area contributed by atoms with Gasteiger partial charge in [0.25, 0.3) is 0 Å². The number of rotatable bonds is 5. The molecule has 2 aromatic rings. The molecule has 0 bridgehead atoms. The van der Waals surface area contributed by atoms with Gasteiger partial charge in [-0.1, -0.05) is 60.7 Å². The van der Waals surface area contributed by atoms with E-state index in [1.807, 2.05) is 43.3 Å². The highest BCUT2D eigenvalue weighted by Crippen LogP contribution is 2.32. The Bertz CT molecular complexity index is 630. The first-order valence-corrected chi connectivity index (χ1v) is 7.92. The summed E-state index contributed by atoms with van der Waals surface area (Å²) in [6.45, 7) is 3.29. The summed E-state index contributed by atoms with van der Waals surface area (Å²) in [7, 11) is 0. The van der Waals surface area contributed by atoms with Crippen molar-refractivity contribution in [1.29, 1.82) is 0 Å². The first kappa shape index (κ1) is 15.7. The summed E-state index contributed by atoms with van der Waals surface area (Å²) >= 11 is 0. The van der Waals surface area contributed by atoms with E-state index in [1.165, 1.54) is 0 Å². The van der Waals surface area contributed by atoms with E-state index in [2.05, 4.69) is 29.2 Å². The van der Waals surface area contributed by atoms with Crippen molar-refractivity contribution in [3.05, 3.63) is 71.8 Å². The molecule has 120 valence electrons. The molecule has 0 amide bonds. The van der Waals surface area contributed by atoms with E-state index in [0.29, 0.717) is 19.8 Å². The summed E-state index contributed by atoms with van der Waals surface area (Å²) in [6, 6.07) is 20.3. The van der Waals surface area contributed by atoms with Crippen LogP contribution in [0.3, 0.4) is 0 Å². The van der Waals surface area contributed by atoms with Crippen LogP contribution in [0.1, 0.15) is 24.1 Å². The minimum absolute atomic E-state index is 0.0470. The first-order chi connectivity index (χ1) is 11.3. The van der Waals surface area contributed by atoms with Crippen molar-refractivity contribution in [2.75, 3.05) is 13.2 Å². The molecule has 2 atom stereocenters. The molecule has 1 aliphatic heterocycles. The van der Waals surface area contributed by atoms with E-state index in [0.717, 1.165) is 11.1 Å². The van der Waals surface area contributed by atoms with E-state index in [1.54, 1.807) is 0 Å². The van der Waals surface area contributed by atoms with E-state index in [-0.39, 0.29) is 12.0 Å². The molecule has 4 heteroatoms. The van der Waals surface area contributed by atoms with Gasteiger partial charge in [-0.05, 0) is 18.1 Å². The number of hydrogen-bond donors (Lipinski definition) is 0. The maximum absolute atomic E-state index is 12.2. The summed E-state index contributed by atoms with van der Waals surface area (Å²) < 4.78 is 10.9. The summed E-state index contributed by atoms with van der Waals surface area (Å²) in [4.78, 5) is 14.3. The third-order valence-corrected chi connectivity index (χ3v) is 3.99. The number of esters is 1. The van der Waals surface area contributed by atoms with Gasteiger partial charge in [-0.2, -0.15) is 0 Å². The maximum atomic E-state index is 12.2. The lowest BCUT2D eigenvalue weighted by molar-refractivity contribution is -0.161. The zero-order valence-electron chi connectivity index (χ0n) is 13.2. The van der Waals surface area contributed by atoms with Gasteiger partial charge in [0.2, 0.25) is 6.23 Å². The Kier molecular flexibility index (Phi) is 5.05. The fourth-order valence-corrected chi connectivity index (χ4v) is 2.90. The highest BCUT2D eigenvalue weighted by Gasteiger charge is 2.40. The summed E-state index contributed by atoms with van der Waals surface area (Å²) in [5, 5.41) is 0. The Balaban J connectivity index is 1.86. The molecule has 0 aromatic heterocycles. The third kappa shape index (κ3) is 3.60. The molecule has 1 fully saturated rings. The van der Waals surface area contributed by atoms with Crippen LogP contribution < -0.4 is 0 Å². The van der Waals surface area contributed by atoms with Crippen LogP contribution in [-0.2, 0) is 20.8 Å². The molecule has 2 aromatic carbocycles. The second-order valence-corrected chi connectivity index (χ2v) is 5.52. The zero-order chi connectivity index (χ0) is 16.1. The Hall–Kier alpha value is -2.17. The fraction of sp³-hybridized carbons (Fsp3) is 0.316. The monoisotopic (exact) mass is 311 g/mol. The quantitative estimate of drug-likeness (QED) is 0.795. The van der Waals surface area contributed by atoms with Gasteiger partial charge in [0.15, 0.2) is 0 Å². The topological polar surface area (TPSA) is 38.8 Å². The van der Waals surface area contributed by atoms with Crippen molar-refractivity contribution in [3.8, 4) is 0 Å².